The van der Waals surface area contributed by atoms with Crippen LogP contribution in [0.4, 0.5) is 0 Å². The molecule has 2 aliphatic heterocycles. The molecule has 1 N–H and O–H groups in total. The summed E-state index contributed by atoms with van der Waals surface area (Å²) in [6.07, 6.45) is 5.05. The quantitative estimate of drug-likeness (QED) is 0.216. The van der Waals surface area contributed by atoms with Gasteiger partial charge in [-0.2, -0.15) is 0 Å². The Labute approximate surface area is 251 Å². The number of rotatable bonds is 8. The molecule has 44 heavy (non-hydrogen) atoms. The molecule has 0 amide bonds. The normalized spacial score (nSPS) is 21.6. The molecule has 0 radical (unpaired) electrons. The van der Waals surface area contributed by atoms with Crippen molar-refractivity contribution in [2.75, 3.05) is 20.3 Å². The second-order valence-electron chi connectivity index (χ2n) is 12.0. The van der Waals surface area contributed by atoms with Crippen molar-refractivity contribution in [3.05, 3.63) is 71.0 Å². The van der Waals surface area contributed by atoms with Gasteiger partial charge in [0.15, 0.2) is 22.5 Å². The molecule has 2 aromatic carbocycles. The van der Waals surface area contributed by atoms with E-state index in [0.717, 1.165) is 16.3 Å². The van der Waals surface area contributed by atoms with Crippen LogP contribution in [0.2, 0.25) is 0 Å². The molecule has 1 fully saturated rings. The third kappa shape index (κ3) is 4.72. The fourth-order valence-electron chi connectivity index (χ4n) is 5.36. The van der Waals surface area contributed by atoms with Gasteiger partial charge < -0.3 is 46.8 Å². The van der Waals surface area contributed by atoms with Gasteiger partial charge in [-0.15, -0.1) is 0 Å². The van der Waals surface area contributed by atoms with Crippen LogP contribution >= 0.6 is 0 Å². The van der Waals surface area contributed by atoms with Gasteiger partial charge in [0.05, 0.1) is 23.7 Å². The maximum atomic E-state index is 12.1. The Kier molecular flexibility index (Phi) is 6.56. The summed E-state index contributed by atoms with van der Waals surface area (Å²) in [5.74, 6) is -0.686. The first-order valence-corrected chi connectivity index (χ1v) is 14.2. The summed E-state index contributed by atoms with van der Waals surface area (Å²) in [4.78, 5) is 12.1. The summed E-state index contributed by atoms with van der Waals surface area (Å²) in [5.41, 5.74) is -0.341. The number of ether oxygens (including phenoxy) is 6. The van der Waals surface area contributed by atoms with Crippen LogP contribution in [0.1, 0.15) is 33.3 Å². The zero-order valence-corrected chi connectivity index (χ0v) is 24.9. The predicted octanol–water partition coefficient (Wildman–Crippen LogP) is 5.78. The van der Waals surface area contributed by atoms with Crippen molar-refractivity contribution >= 4 is 39.0 Å². The van der Waals surface area contributed by atoms with Crippen LogP contribution in [-0.4, -0.2) is 54.8 Å². The number of benzene rings is 2. The maximum Gasteiger partial charge on any atom is 0.350 e. The number of hydrogen-bond acceptors (Lipinski definition) is 11. The van der Waals surface area contributed by atoms with Gasteiger partial charge in [-0.25, -0.2) is 4.79 Å². The van der Waals surface area contributed by atoms with Crippen LogP contribution < -0.4 is 19.8 Å². The van der Waals surface area contributed by atoms with Gasteiger partial charge in [-0.3, -0.25) is 0 Å². The third-order valence-electron chi connectivity index (χ3n) is 8.26. The minimum absolute atomic E-state index is 0.0190. The zero-order valence-electron chi connectivity index (χ0n) is 24.9. The predicted molar refractivity (Wildman–Crippen MR) is 159 cm³/mol. The highest BCUT2D eigenvalue weighted by Crippen LogP contribution is 2.49. The third-order valence-corrected chi connectivity index (χ3v) is 8.26. The van der Waals surface area contributed by atoms with E-state index < -0.39 is 35.0 Å². The standard InChI is InChI=1S/C33H32O11/c1-31(2,36-5)22(34)16-39-30-26-21(10-13-38-26)15-19-8-11-33(43-28(19)30)42-23(32(3,4)44-33)17-40-29-25-20(9-12-37-25)14-18-6-7-24(35)41-27(18)29/h6-15,22-23,34H,16-17H2,1-5H3/t22-,23-,33+/m1/s1. The largest absolute Gasteiger partial charge is 0.483 e. The monoisotopic (exact) mass is 604 g/mol. The van der Waals surface area contributed by atoms with Gasteiger partial charge in [0.25, 0.3) is 0 Å². The van der Waals surface area contributed by atoms with Crippen molar-refractivity contribution in [1.29, 1.82) is 0 Å². The van der Waals surface area contributed by atoms with Crippen molar-refractivity contribution in [2.45, 2.75) is 57.1 Å². The highest BCUT2D eigenvalue weighted by Gasteiger charge is 2.55. The van der Waals surface area contributed by atoms with Crippen molar-refractivity contribution in [1.82, 2.24) is 0 Å². The number of aliphatic hydroxyl groups is 1. The molecule has 2 aliphatic rings. The van der Waals surface area contributed by atoms with Gasteiger partial charge in [-0.1, -0.05) is 0 Å². The van der Waals surface area contributed by atoms with E-state index in [1.165, 1.54) is 13.2 Å². The highest BCUT2D eigenvalue weighted by atomic mass is 16.9. The highest BCUT2D eigenvalue weighted by molar-refractivity contribution is 6.00. The molecular weight excluding hydrogens is 572 g/mol. The molecule has 5 heterocycles. The van der Waals surface area contributed by atoms with Gasteiger partial charge in [0.1, 0.15) is 25.4 Å². The summed E-state index contributed by atoms with van der Waals surface area (Å²) in [6.45, 7) is 7.20. The Morgan fingerprint density at radius 1 is 0.955 bits per heavy atom. The topological polar surface area (TPSA) is 132 Å². The molecule has 0 unspecified atom stereocenters. The first kappa shape index (κ1) is 28.5. The van der Waals surface area contributed by atoms with Crippen LogP contribution in [0, 0.1) is 0 Å². The van der Waals surface area contributed by atoms with E-state index in [9.17, 15) is 9.90 Å². The second-order valence-corrected chi connectivity index (χ2v) is 12.0. The molecule has 0 aliphatic carbocycles. The van der Waals surface area contributed by atoms with Crippen molar-refractivity contribution in [2.24, 2.45) is 0 Å². The Bertz CT molecular complexity index is 1960. The molecule has 11 heteroatoms. The van der Waals surface area contributed by atoms with E-state index >= 15 is 0 Å². The molecular formula is C33H32O11. The Morgan fingerprint density at radius 3 is 2.41 bits per heavy atom. The SMILES string of the molecule is COC(C)(C)[C@H](O)COc1c2c(cc3ccoc13)C=C[C@@]1(O2)O[C@H](COc2c3occc3cc3ccc(=O)oc23)C(C)(C)O1. The summed E-state index contributed by atoms with van der Waals surface area (Å²) >= 11 is 0. The molecule has 0 saturated carbocycles. The summed E-state index contributed by atoms with van der Waals surface area (Å²) < 4.78 is 54.0. The number of furan rings is 2. The first-order valence-electron chi connectivity index (χ1n) is 14.2. The van der Waals surface area contributed by atoms with E-state index in [4.69, 9.17) is 41.7 Å². The van der Waals surface area contributed by atoms with Gasteiger partial charge >= 0.3 is 11.6 Å². The number of fused-ring (bicyclic) bond motifs is 4. The van der Waals surface area contributed by atoms with E-state index in [1.54, 1.807) is 38.5 Å². The zero-order chi connectivity index (χ0) is 30.9. The lowest BCUT2D eigenvalue weighted by molar-refractivity contribution is -0.271. The van der Waals surface area contributed by atoms with Crippen LogP contribution in [0.25, 0.3) is 39.0 Å². The number of methoxy groups -OCH3 is 1. The summed E-state index contributed by atoms with van der Waals surface area (Å²) in [6, 6.07) is 10.4. The van der Waals surface area contributed by atoms with Crippen LogP contribution in [-0.2, 0) is 14.2 Å². The average molecular weight is 605 g/mol. The Morgan fingerprint density at radius 2 is 1.66 bits per heavy atom. The fraction of sp³-hybridized carbons (Fsp3) is 0.364. The second kappa shape index (κ2) is 10.1. The number of hydrogen-bond donors (Lipinski definition) is 1. The summed E-state index contributed by atoms with van der Waals surface area (Å²) in [5, 5.41) is 13.0. The van der Waals surface area contributed by atoms with Crippen LogP contribution in [0.3, 0.4) is 0 Å². The molecule has 3 aromatic heterocycles. The summed E-state index contributed by atoms with van der Waals surface area (Å²) in [7, 11) is 1.53. The van der Waals surface area contributed by atoms with E-state index in [-0.39, 0.29) is 18.8 Å². The molecule has 230 valence electrons. The van der Waals surface area contributed by atoms with Crippen molar-refractivity contribution < 1.29 is 46.8 Å². The number of aliphatic hydroxyl groups excluding tert-OH is 1. The van der Waals surface area contributed by atoms with Gasteiger partial charge in [0, 0.05) is 41.0 Å². The average Bonchev–Trinajstić information content (AvgIpc) is 3.71. The van der Waals surface area contributed by atoms with E-state index in [0.29, 0.717) is 33.8 Å². The molecule has 1 saturated heterocycles. The molecule has 0 bridgehead atoms. The van der Waals surface area contributed by atoms with E-state index in [1.807, 2.05) is 44.2 Å². The van der Waals surface area contributed by atoms with Crippen LogP contribution in [0.15, 0.2) is 73.0 Å². The molecule has 1 spiro atoms. The molecule has 5 aromatic rings. The molecule has 3 atom stereocenters. The fourth-order valence-corrected chi connectivity index (χ4v) is 5.36. The van der Waals surface area contributed by atoms with Gasteiger partial charge in [-0.05, 0) is 64.1 Å². The maximum absolute atomic E-state index is 12.1. The van der Waals surface area contributed by atoms with Crippen molar-refractivity contribution in [3.63, 3.8) is 0 Å². The minimum Gasteiger partial charge on any atom is -0.483 e. The lowest BCUT2D eigenvalue weighted by Gasteiger charge is -2.32. The molecule has 11 nitrogen and oxygen atoms in total. The Balaban J connectivity index is 1.18. The van der Waals surface area contributed by atoms with Crippen LogP contribution in [0.5, 0.6) is 17.2 Å². The lowest BCUT2D eigenvalue weighted by atomic mass is 10.0. The Hall–Kier alpha value is -4.29. The van der Waals surface area contributed by atoms with Crippen molar-refractivity contribution in [3.8, 4) is 17.2 Å². The molecule has 7 rings (SSSR count). The smallest absolute Gasteiger partial charge is 0.350 e. The minimum atomic E-state index is -1.61. The first-order chi connectivity index (χ1) is 21.0. The lowest BCUT2D eigenvalue weighted by Crippen LogP contribution is -2.42. The van der Waals surface area contributed by atoms with Gasteiger partial charge in [0.2, 0.25) is 11.5 Å². The van der Waals surface area contributed by atoms with E-state index in [2.05, 4.69) is 0 Å².